The number of carbonyl (C=O) groups excluding carboxylic acids is 1. The second-order valence-electron chi connectivity index (χ2n) is 6.94. The average Bonchev–Trinajstić information content (AvgIpc) is 3.03. The van der Waals surface area contributed by atoms with Gasteiger partial charge in [0.15, 0.2) is 0 Å². The minimum Gasteiger partial charge on any atom is -0.299 e. The van der Waals surface area contributed by atoms with Crippen LogP contribution >= 0.6 is 0 Å². The molecule has 0 aromatic carbocycles. The Bertz CT molecular complexity index is 482. The molecular weight excluding hydrogens is 286 g/mol. The van der Waals surface area contributed by atoms with Gasteiger partial charge in [-0.25, -0.2) is 8.42 Å². The number of piperidine rings is 1. The number of rotatable bonds is 3. The van der Waals surface area contributed by atoms with Crippen LogP contribution in [0, 0.1) is 5.92 Å². The summed E-state index contributed by atoms with van der Waals surface area (Å²) in [6, 6.07) is -0.0443. The van der Waals surface area contributed by atoms with Crippen LogP contribution in [-0.4, -0.2) is 36.3 Å². The Balaban J connectivity index is 1.82. The van der Waals surface area contributed by atoms with E-state index in [-0.39, 0.29) is 17.2 Å². The van der Waals surface area contributed by atoms with Gasteiger partial charge < -0.3 is 0 Å². The van der Waals surface area contributed by atoms with Crippen molar-refractivity contribution in [3.05, 3.63) is 0 Å². The van der Waals surface area contributed by atoms with E-state index in [9.17, 15) is 13.2 Å². The minimum absolute atomic E-state index is 0.0322. The number of nitrogens with zero attached hydrogens (tertiary/aromatic N) is 1. The fraction of sp³-hybridized carbons (Fsp3) is 0.938. The standard InChI is InChI=1S/C16H27NO3S/c18-16-11-4-3-9-14(16)15-10-5-6-12-17(15)21(19,20)13-7-1-2-8-13/h13-15H,1-12H2. The Morgan fingerprint density at radius 1 is 0.857 bits per heavy atom. The van der Waals surface area contributed by atoms with Crippen LogP contribution < -0.4 is 0 Å². The maximum atomic E-state index is 13.0. The van der Waals surface area contributed by atoms with Crippen LogP contribution in [0.4, 0.5) is 0 Å². The summed E-state index contributed by atoms with van der Waals surface area (Å²) in [5.41, 5.74) is 0. The third-order valence-corrected chi connectivity index (χ3v) is 8.04. The Hall–Kier alpha value is -0.420. The molecule has 2 unspecified atom stereocenters. The molecule has 2 saturated carbocycles. The first-order valence-corrected chi connectivity index (χ1v) is 10.1. The van der Waals surface area contributed by atoms with E-state index >= 15 is 0 Å². The van der Waals surface area contributed by atoms with E-state index in [0.717, 1.165) is 64.2 Å². The van der Waals surface area contributed by atoms with Crippen LogP contribution in [-0.2, 0) is 14.8 Å². The lowest BCUT2D eigenvalue weighted by atomic mass is 9.80. The lowest BCUT2D eigenvalue weighted by Gasteiger charge is -2.41. The average molecular weight is 313 g/mol. The Morgan fingerprint density at radius 3 is 2.24 bits per heavy atom. The van der Waals surface area contributed by atoms with Crippen LogP contribution in [0.3, 0.4) is 0 Å². The van der Waals surface area contributed by atoms with E-state index in [0.29, 0.717) is 18.7 Å². The maximum Gasteiger partial charge on any atom is 0.217 e. The molecule has 3 aliphatic rings. The molecule has 2 atom stereocenters. The normalized spacial score (nSPS) is 33.4. The zero-order chi connectivity index (χ0) is 14.9. The van der Waals surface area contributed by atoms with Gasteiger partial charge in [-0.05, 0) is 38.5 Å². The second-order valence-corrected chi connectivity index (χ2v) is 9.11. The summed E-state index contributed by atoms with van der Waals surface area (Å²) in [7, 11) is -3.20. The smallest absolute Gasteiger partial charge is 0.217 e. The molecule has 1 aliphatic heterocycles. The van der Waals surface area contributed by atoms with Crippen molar-refractivity contribution in [2.45, 2.75) is 81.9 Å². The molecule has 1 saturated heterocycles. The van der Waals surface area contributed by atoms with Gasteiger partial charge in [0.2, 0.25) is 10.0 Å². The SMILES string of the molecule is O=C1CCCCC1C1CCCCN1S(=O)(=O)C1CCCC1. The van der Waals surface area contributed by atoms with Gasteiger partial charge in [-0.3, -0.25) is 4.79 Å². The minimum atomic E-state index is -3.20. The van der Waals surface area contributed by atoms with Crippen molar-refractivity contribution in [1.82, 2.24) is 4.31 Å². The number of hydrogen-bond acceptors (Lipinski definition) is 3. The molecule has 3 rings (SSSR count). The van der Waals surface area contributed by atoms with Crippen LogP contribution in [0.15, 0.2) is 0 Å². The van der Waals surface area contributed by atoms with E-state index in [1.54, 1.807) is 4.31 Å². The zero-order valence-corrected chi connectivity index (χ0v) is 13.6. The molecule has 0 N–H and O–H groups in total. The topological polar surface area (TPSA) is 54.5 Å². The summed E-state index contributed by atoms with van der Waals surface area (Å²) in [5, 5.41) is -0.184. The monoisotopic (exact) mass is 313 g/mol. The van der Waals surface area contributed by atoms with Gasteiger partial charge >= 0.3 is 0 Å². The van der Waals surface area contributed by atoms with Gasteiger partial charge in [-0.2, -0.15) is 4.31 Å². The highest BCUT2D eigenvalue weighted by Gasteiger charge is 2.43. The van der Waals surface area contributed by atoms with E-state index in [2.05, 4.69) is 0 Å². The highest BCUT2D eigenvalue weighted by Crippen LogP contribution is 2.36. The van der Waals surface area contributed by atoms with Gasteiger partial charge in [0.25, 0.3) is 0 Å². The van der Waals surface area contributed by atoms with E-state index in [1.165, 1.54) is 0 Å². The third kappa shape index (κ3) is 3.04. The third-order valence-electron chi connectivity index (χ3n) is 5.61. The highest BCUT2D eigenvalue weighted by atomic mass is 32.2. The molecule has 1 heterocycles. The highest BCUT2D eigenvalue weighted by molar-refractivity contribution is 7.89. The number of sulfonamides is 1. The van der Waals surface area contributed by atoms with Crippen molar-refractivity contribution in [3.63, 3.8) is 0 Å². The van der Waals surface area contributed by atoms with Crippen molar-refractivity contribution >= 4 is 15.8 Å². The molecule has 0 amide bonds. The number of Topliss-reactive ketones (excluding diaryl/α,β-unsaturated/α-hetero) is 1. The Labute approximate surface area is 128 Å². The summed E-state index contributed by atoms with van der Waals surface area (Å²) in [6.07, 6.45) is 10.2. The summed E-state index contributed by atoms with van der Waals surface area (Å²) in [5.74, 6) is 0.273. The predicted octanol–water partition coefficient (Wildman–Crippen LogP) is 2.87. The molecule has 3 fully saturated rings. The molecule has 120 valence electrons. The van der Waals surface area contributed by atoms with Crippen molar-refractivity contribution in [2.24, 2.45) is 5.92 Å². The van der Waals surface area contributed by atoms with E-state index in [4.69, 9.17) is 0 Å². The molecule has 21 heavy (non-hydrogen) atoms. The first-order chi connectivity index (χ1) is 10.1. The van der Waals surface area contributed by atoms with Gasteiger partial charge in [0.05, 0.1) is 5.25 Å². The van der Waals surface area contributed by atoms with Gasteiger partial charge in [-0.1, -0.05) is 25.7 Å². The summed E-state index contributed by atoms with van der Waals surface area (Å²) in [6.45, 7) is 0.632. The molecule has 0 spiro atoms. The fourth-order valence-corrected chi connectivity index (χ4v) is 6.77. The van der Waals surface area contributed by atoms with Gasteiger partial charge in [-0.15, -0.1) is 0 Å². The first kappa shape index (κ1) is 15.5. The van der Waals surface area contributed by atoms with Crippen molar-refractivity contribution in [1.29, 1.82) is 0 Å². The van der Waals surface area contributed by atoms with Gasteiger partial charge in [0, 0.05) is 24.9 Å². The molecule has 0 aromatic rings. The summed E-state index contributed by atoms with van der Waals surface area (Å²) in [4.78, 5) is 12.3. The molecule has 5 heteroatoms. The quantitative estimate of drug-likeness (QED) is 0.805. The first-order valence-electron chi connectivity index (χ1n) is 8.64. The Morgan fingerprint density at radius 2 is 1.52 bits per heavy atom. The van der Waals surface area contributed by atoms with Crippen LogP contribution in [0.25, 0.3) is 0 Å². The number of carbonyl (C=O) groups is 1. The van der Waals surface area contributed by atoms with Crippen molar-refractivity contribution < 1.29 is 13.2 Å². The zero-order valence-electron chi connectivity index (χ0n) is 12.8. The number of ketones is 1. The Kier molecular flexibility index (Phi) is 4.69. The fourth-order valence-electron chi connectivity index (χ4n) is 4.44. The van der Waals surface area contributed by atoms with E-state index < -0.39 is 10.0 Å². The second kappa shape index (κ2) is 6.37. The predicted molar refractivity (Wildman–Crippen MR) is 82.5 cm³/mol. The molecule has 2 aliphatic carbocycles. The van der Waals surface area contributed by atoms with Gasteiger partial charge in [0.1, 0.15) is 5.78 Å². The summed E-state index contributed by atoms with van der Waals surface area (Å²) < 4.78 is 27.7. The van der Waals surface area contributed by atoms with Crippen LogP contribution in [0.2, 0.25) is 0 Å². The number of hydrogen-bond donors (Lipinski definition) is 0. The van der Waals surface area contributed by atoms with Crippen LogP contribution in [0.5, 0.6) is 0 Å². The lowest BCUT2D eigenvalue weighted by Crippen LogP contribution is -2.52. The largest absolute Gasteiger partial charge is 0.299 e. The van der Waals surface area contributed by atoms with E-state index in [1.807, 2.05) is 0 Å². The van der Waals surface area contributed by atoms with Crippen molar-refractivity contribution in [2.75, 3.05) is 6.54 Å². The molecule has 0 radical (unpaired) electrons. The van der Waals surface area contributed by atoms with Crippen molar-refractivity contribution in [3.8, 4) is 0 Å². The molecule has 4 nitrogen and oxygen atoms in total. The summed E-state index contributed by atoms with van der Waals surface area (Å²) >= 11 is 0. The maximum absolute atomic E-state index is 13.0. The lowest BCUT2D eigenvalue weighted by molar-refractivity contribution is -0.126. The molecule has 0 bridgehead atoms. The van der Waals surface area contributed by atoms with Crippen LogP contribution in [0.1, 0.15) is 70.6 Å². The molecule has 0 aromatic heterocycles. The molecular formula is C16H27NO3S.